The van der Waals surface area contributed by atoms with Gasteiger partial charge in [-0.25, -0.2) is 0 Å². The van der Waals surface area contributed by atoms with E-state index in [2.05, 4.69) is 27.4 Å². The van der Waals surface area contributed by atoms with E-state index in [0.29, 0.717) is 5.41 Å². The van der Waals surface area contributed by atoms with E-state index in [-0.39, 0.29) is 0 Å². The maximum absolute atomic E-state index is 5.27. The molecule has 0 aromatic carbocycles. The molecule has 1 aliphatic carbocycles. The molecule has 134 valence electrons. The van der Waals surface area contributed by atoms with E-state index >= 15 is 0 Å². The van der Waals surface area contributed by atoms with Gasteiger partial charge in [-0.1, -0.05) is 13.3 Å². The molecule has 1 saturated carbocycles. The Kier molecular flexibility index (Phi) is 7.63. The summed E-state index contributed by atoms with van der Waals surface area (Å²) in [5.74, 6) is 1.72. The van der Waals surface area contributed by atoms with Crippen LogP contribution in [0.1, 0.15) is 45.4 Å². The van der Waals surface area contributed by atoms with Crippen LogP contribution in [0.2, 0.25) is 0 Å². The maximum Gasteiger partial charge on any atom is 0.191 e. The molecule has 1 aliphatic heterocycles. The molecular formula is C18H36N4O. The van der Waals surface area contributed by atoms with Crippen LogP contribution in [0.5, 0.6) is 0 Å². The van der Waals surface area contributed by atoms with Crippen LogP contribution in [0, 0.1) is 11.3 Å². The zero-order valence-electron chi connectivity index (χ0n) is 15.4. The molecule has 5 nitrogen and oxygen atoms in total. The second-order valence-corrected chi connectivity index (χ2v) is 7.36. The van der Waals surface area contributed by atoms with Crippen molar-refractivity contribution in [2.45, 2.75) is 45.4 Å². The van der Waals surface area contributed by atoms with E-state index in [1.165, 1.54) is 51.7 Å². The first kappa shape index (κ1) is 18.5. The Bertz CT molecular complexity index is 368. The molecule has 2 aliphatic rings. The minimum absolute atomic E-state index is 0.429. The van der Waals surface area contributed by atoms with E-state index in [4.69, 9.17) is 4.74 Å². The molecule has 1 heterocycles. The topological polar surface area (TPSA) is 48.9 Å². The SMILES string of the molecule is CCCN1CCC(CNC(=NC)NCC2(CCOC)CCC2)C1. The Morgan fingerprint density at radius 2 is 2.17 bits per heavy atom. The van der Waals surface area contributed by atoms with Crippen molar-refractivity contribution in [1.29, 1.82) is 0 Å². The van der Waals surface area contributed by atoms with Crippen molar-refractivity contribution in [3.63, 3.8) is 0 Å². The van der Waals surface area contributed by atoms with Gasteiger partial charge in [0.05, 0.1) is 0 Å². The molecule has 1 atom stereocenters. The van der Waals surface area contributed by atoms with Crippen molar-refractivity contribution in [2.75, 3.05) is 53.5 Å². The van der Waals surface area contributed by atoms with Gasteiger partial charge in [0.1, 0.15) is 0 Å². The minimum atomic E-state index is 0.429. The molecule has 0 amide bonds. The predicted octanol–water partition coefficient (Wildman–Crippen LogP) is 2.09. The summed E-state index contributed by atoms with van der Waals surface area (Å²) in [7, 11) is 3.67. The Morgan fingerprint density at radius 3 is 2.78 bits per heavy atom. The quantitative estimate of drug-likeness (QED) is 0.504. The summed E-state index contributed by atoms with van der Waals surface area (Å²) in [6.45, 7) is 8.90. The molecule has 23 heavy (non-hydrogen) atoms. The number of nitrogens with zero attached hydrogens (tertiary/aromatic N) is 2. The number of aliphatic imine (C=N–C) groups is 1. The Labute approximate surface area is 142 Å². The summed E-state index contributed by atoms with van der Waals surface area (Å²) in [6.07, 6.45) is 7.70. The molecule has 0 aromatic heterocycles. The third-order valence-electron chi connectivity index (χ3n) is 5.57. The largest absolute Gasteiger partial charge is 0.385 e. The zero-order valence-corrected chi connectivity index (χ0v) is 15.4. The summed E-state index contributed by atoms with van der Waals surface area (Å²) in [5, 5.41) is 7.08. The predicted molar refractivity (Wildman–Crippen MR) is 97.0 cm³/mol. The van der Waals surface area contributed by atoms with Crippen LogP contribution in [-0.2, 0) is 4.74 Å². The first-order chi connectivity index (χ1) is 11.2. The minimum Gasteiger partial charge on any atom is -0.385 e. The second kappa shape index (κ2) is 9.48. The molecule has 2 fully saturated rings. The summed E-state index contributed by atoms with van der Waals surface area (Å²) >= 11 is 0. The molecule has 0 radical (unpaired) electrons. The number of methoxy groups -OCH3 is 1. The molecule has 1 unspecified atom stereocenters. The molecule has 0 aromatic rings. The lowest BCUT2D eigenvalue weighted by Crippen LogP contribution is -2.47. The van der Waals surface area contributed by atoms with Crippen molar-refractivity contribution < 1.29 is 4.74 Å². The van der Waals surface area contributed by atoms with Gasteiger partial charge in [-0.05, 0) is 56.5 Å². The van der Waals surface area contributed by atoms with Gasteiger partial charge in [0, 0.05) is 40.4 Å². The van der Waals surface area contributed by atoms with E-state index in [1.807, 2.05) is 7.05 Å². The van der Waals surface area contributed by atoms with Crippen molar-refractivity contribution in [1.82, 2.24) is 15.5 Å². The van der Waals surface area contributed by atoms with Crippen LogP contribution in [0.4, 0.5) is 0 Å². The van der Waals surface area contributed by atoms with Crippen molar-refractivity contribution in [3.05, 3.63) is 0 Å². The lowest BCUT2D eigenvalue weighted by atomic mass is 9.67. The molecule has 2 N–H and O–H groups in total. The van der Waals surface area contributed by atoms with E-state index in [9.17, 15) is 0 Å². The fraction of sp³-hybridized carbons (Fsp3) is 0.944. The van der Waals surface area contributed by atoms with E-state index in [0.717, 1.165) is 38.0 Å². The average molecular weight is 325 g/mol. The van der Waals surface area contributed by atoms with Gasteiger partial charge in [0.2, 0.25) is 0 Å². The number of hydrogen-bond acceptors (Lipinski definition) is 3. The van der Waals surface area contributed by atoms with Crippen LogP contribution in [0.15, 0.2) is 4.99 Å². The lowest BCUT2D eigenvalue weighted by Gasteiger charge is -2.42. The van der Waals surface area contributed by atoms with Crippen LogP contribution in [0.25, 0.3) is 0 Å². The fourth-order valence-electron chi connectivity index (χ4n) is 3.84. The highest BCUT2D eigenvalue weighted by atomic mass is 16.5. The number of rotatable bonds is 9. The Hall–Kier alpha value is -0.810. The standard InChI is InChI=1S/C18H36N4O/c1-4-10-22-11-6-16(14-22)13-20-17(19-2)21-15-18(7-5-8-18)9-12-23-3/h16H,4-15H2,1-3H3,(H2,19,20,21). The highest BCUT2D eigenvalue weighted by molar-refractivity contribution is 5.79. The summed E-state index contributed by atoms with van der Waals surface area (Å²) in [4.78, 5) is 6.98. The first-order valence-electron chi connectivity index (χ1n) is 9.37. The van der Waals surface area contributed by atoms with Gasteiger partial charge in [0.15, 0.2) is 5.96 Å². The van der Waals surface area contributed by atoms with Crippen LogP contribution in [-0.4, -0.2) is 64.3 Å². The van der Waals surface area contributed by atoms with Crippen molar-refractivity contribution in [2.24, 2.45) is 16.3 Å². The number of hydrogen-bond donors (Lipinski definition) is 2. The summed E-state index contributed by atoms with van der Waals surface area (Å²) in [6, 6.07) is 0. The Balaban J connectivity index is 1.67. The number of nitrogens with one attached hydrogen (secondary N) is 2. The first-order valence-corrected chi connectivity index (χ1v) is 9.37. The summed E-state index contributed by atoms with van der Waals surface area (Å²) in [5.41, 5.74) is 0.429. The number of ether oxygens (including phenoxy) is 1. The Morgan fingerprint density at radius 1 is 1.35 bits per heavy atom. The third-order valence-corrected chi connectivity index (χ3v) is 5.57. The van der Waals surface area contributed by atoms with Gasteiger partial charge in [-0.2, -0.15) is 0 Å². The smallest absolute Gasteiger partial charge is 0.191 e. The van der Waals surface area contributed by atoms with Gasteiger partial charge < -0.3 is 20.3 Å². The zero-order chi connectivity index (χ0) is 16.5. The summed E-state index contributed by atoms with van der Waals surface area (Å²) < 4.78 is 5.27. The van der Waals surface area contributed by atoms with Gasteiger partial charge in [-0.15, -0.1) is 0 Å². The molecule has 0 bridgehead atoms. The number of likely N-dealkylation sites (tertiary alicyclic amines) is 1. The van der Waals surface area contributed by atoms with Crippen molar-refractivity contribution >= 4 is 5.96 Å². The third kappa shape index (κ3) is 5.64. The maximum atomic E-state index is 5.27. The van der Waals surface area contributed by atoms with Crippen LogP contribution >= 0.6 is 0 Å². The monoisotopic (exact) mass is 324 g/mol. The highest BCUT2D eigenvalue weighted by Crippen LogP contribution is 2.43. The van der Waals surface area contributed by atoms with E-state index < -0.39 is 0 Å². The van der Waals surface area contributed by atoms with Gasteiger partial charge in [-0.3, -0.25) is 4.99 Å². The molecular weight excluding hydrogens is 288 g/mol. The fourth-order valence-corrected chi connectivity index (χ4v) is 3.84. The van der Waals surface area contributed by atoms with Crippen LogP contribution in [0.3, 0.4) is 0 Å². The normalized spacial score (nSPS) is 24.5. The highest BCUT2D eigenvalue weighted by Gasteiger charge is 2.36. The van der Waals surface area contributed by atoms with Gasteiger partial charge >= 0.3 is 0 Å². The molecule has 1 saturated heterocycles. The number of guanidine groups is 1. The van der Waals surface area contributed by atoms with Gasteiger partial charge in [0.25, 0.3) is 0 Å². The molecule has 2 rings (SSSR count). The van der Waals surface area contributed by atoms with E-state index in [1.54, 1.807) is 7.11 Å². The van der Waals surface area contributed by atoms with Crippen LogP contribution < -0.4 is 10.6 Å². The van der Waals surface area contributed by atoms with Crippen molar-refractivity contribution in [3.8, 4) is 0 Å². The molecule has 0 spiro atoms. The molecule has 5 heteroatoms. The average Bonchev–Trinajstić information content (AvgIpc) is 2.96. The lowest BCUT2D eigenvalue weighted by molar-refractivity contribution is 0.0732. The second-order valence-electron chi connectivity index (χ2n) is 7.36.